The molecule has 44 heavy (non-hydrogen) atoms. The second kappa shape index (κ2) is 19.1. The predicted molar refractivity (Wildman–Crippen MR) is 177 cm³/mol. The van der Waals surface area contributed by atoms with Crippen molar-refractivity contribution in [1.82, 2.24) is 19.8 Å². The van der Waals surface area contributed by atoms with E-state index in [1.165, 1.54) is 24.0 Å². The Bertz CT molecular complexity index is 1370. The number of hydrogen-bond donors (Lipinski definition) is 6. The molecule has 0 amide bonds. The number of phenols is 2. The van der Waals surface area contributed by atoms with E-state index in [1.807, 2.05) is 36.7 Å². The third-order valence-corrected chi connectivity index (χ3v) is 7.27. The average molecular weight is 609 g/mol. The van der Waals surface area contributed by atoms with Crippen molar-refractivity contribution in [2.45, 2.75) is 53.4 Å². The number of benzene rings is 2. The number of aliphatic carboxylic acids is 2. The third-order valence-electron chi connectivity index (χ3n) is 7.27. The Kier molecular flexibility index (Phi) is 15.6. The molecule has 10 nitrogen and oxygen atoms in total. The molecule has 0 radical (unpaired) electrons. The van der Waals surface area contributed by atoms with Gasteiger partial charge in [0.05, 0.1) is 0 Å². The molecule has 10 heteroatoms. The number of H-pyrrole nitrogens is 2. The highest BCUT2D eigenvalue weighted by Crippen LogP contribution is 2.29. The van der Waals surface area contributed by atoms with Crippen LogP contribution in [0.3, 0.4) is 0 Å². The molecule has 0 saturated heterocycles. The van der Waals surface area contributed by atoms with Gasteiger partial charge in [0.25, 0.3) is 0 Å². The topological polar surface area (TPSA) is 153 Å². The monoisotopic (exact) mass is 608 g/mol. The minimum absolute atomic E-state index is 0.377. The van der Waals surface area contributed by atoms with E-state index in [0.717, 1.165) is 73.9 Å². The van der Waals surface area contributed by atoms with Gasteiger partial charge in [0.1, 0.15) is 11.5 Å². The van der Waals surface area contributed by atoms with Crippen LogP contribution in [0.25, 0.3) is 21.8 Å². The molecule has 0 spiro atoms. The van der Waals surface area contributed by atoms with E-state index in [9.17, 15) is 19.8 Å². The fraction of sp³-hybridized carbons (Fsp3) is 0.412. The van der Waals surface area contributed by atoms with E-state index >= 15 is 0 Å². The lowest BCUT2D eigenvalue weighted by Gasteiger charge is -2.19. The van der Waals surface area contributed by atoms with Crippen LogP contribution in [0.4, 0.5) is 0 Å². The highest BCUT2D eigenvalue weighted by molar-refractivity contribution is 5.90. The van der Waals surface area contributed by atoms with Crippen molar-refractivity contribution in [3.63, 3.8) is 0 Å². The van der Waals surface area contributed by atoms with Crippen molar-refractivity contribution in [3.8, 4) is 11.5 Å². The zero-order chi connectivity index (χ0) is 32.5. The van der Waals surface area contributed by atoms with Crippen LogP contribution in [0.5, 0.6) is 11.5 Å². The quantitative estimate of drug-likeness (QED) is 0.0952. The molecular weight excluding hydrogens is 560 g/mol. The number of carboxylic acids is 2. The molecule has 6 N–H and O–H groups in total. The van der Waals surface area contributed by atoms with E-state index in [-0.39, 0.29) is 0 Å². The second-order valence-corrected chi connectivity index (χ2v) is 10.4. The highest BCUT2D eigenvalue weighted by Gasteiger charge is 2.10. The zero-order valence-electron chi connectivity index (χ0n) is 26.3. The average Bonchev–Trinajstić information content (AvgIpc) is 3.62. The molecule has 0 aliphatic heterocycles. The van der Waals surface area contributed by atoms with Crippen LogP contribution in [0.2, 0.25) is 0 Å². The largest absolute Gasteiger partial charge is 0.507 e. The smallest absolute Gasteiger partial charge is 0.328 e. The van der Waals surface area contributed by atoms with Crippen LogP contribution in [0.15, 0.2) is 60.9 Å². The minimum atomic E-state index is -1.26. The van der Waals surface area contributed by atoms with E-state index in [2.05, 4.69) is 47.5 Å². The Balaban J connectivity index is 0.000000248. The van der Waals surface area contributed by atoms with Gasteiger partial charge in [-0.05, 0) is 87.3 Å². The lowest BCUT2D eigenvalue weighted by atomic mass is 10.1. The first kappa shape index (κ1) is 35.9. The van der Waals surface area contributed by atoms with Crippen LogP contribution >= 0.6 is 0 Å². The zero-order valence-corrected chi connectivity index (χ0v) is 26.3. The van der Waals surface area contributed by atoms with Crippen LogP contribution in [0, 0.1) is 0 Å². The maximum Gasteiger partial charge on any atom is 0.328 e. The number of nitrogens with zero attached hydrogens (tertiary/aromatic N) is 2. The molecule has 4 rings (SSSR count). The van der Waals surface area contributed by atoms with Gasteiger partial charge in [-0.1, -0.05) is 39.8 Å². The van der Waals surface area contributed by atoms with E-state index < -0.39 is 11.9 Å². The Morgan fingerprint density at radius 1 is 0.659 bits per heavy atom. The Morgan fingerprint density at radius 3 is 1.36 bits per heavy atom. The molecule has 0 aliphatic carbocycles. The lowest BCUT2D eigenvalue weighted by Crippen LogP contribution is -2.26. The maximum atomic E-state index is 9.93. The summed E-state index contributed by atoms with van der Waals surface area (Å²) in [5.74, 6) is -1.76. The summed E-state index contributed by atoms with van der Waals surface area (Å²) in [5, 5.41) is 37.4. The van der Waals surface area contributed by atoms with Gasteiger partial charge in [0.15, 0.2) is 0 Å². The molecule has 2 heterocycles. The normalized spacial score (nSPS) is 11.1. The number of hydrogen-bond acceptors (Lipinski definition) is 6. The number of carboxylic acid groups (broad SMARTS) is 2. The predicted octanol–water partition coefficient (Wildman–Crippen LogP) is 6.01. The van der Waals surface area contributed by atoms with Crippen LogP contribution in [-0.2, 0) is 22.4 Å². The number of phenolic OH excluding ortho intramolecular Hbond substituents is 2. The molecule has 4 aromatic rings. The molecule has 0 unspecified atom stereocenters. The van der Waals surface area contributed by atoms with Gasteiger partial charge in [0, 0.05) is 59.4 Å². The summed E-state index contributed by atoms with van der Waals surface area (Å²) in [5.41, 5.74) is 4.45. The fourth-order valence-corrected chi connectivity index (χ4v) is 5.05. The Labute approximate surface area is 259 Å². The number of aromatic amines is 2. The highest BCUT2D eigenvalue weighted by atomic mass is 16.4. The summed E-state index contributed by atoms with van der Waals surface area (Å²) in [6.07, 6.45) is 9.48. The van der Waals surface area contributed by atoms with Gasteiger partial charge in [-0.15, -0.1) is 0 Å². The molecule has 2 aromatic heterocycles. The molecule has 0 aliphatic rings. The number of aromatic hydroxyl groups is 2. The number of likely N-dealkylation sites (N-methyl/N-ethyl adjacent to an activating group) is 2. The summed E-state index contributed by atoms with van der Waals surface area (Å²) in [7, 11) is 0. The van der Waals surface area contributed by atoms with Gasteiger partial charge in [-0.25, -0.2) is 9.59 Å². The SMILES string of the molecule is CCCN(CC)CCc1c[nH]c2cccc(O)c12.CCCN(CC)CCc1c[nH]c2cccc(O)c12.O=C(O)/C=C/C(=O)O. The van der Waals surface area contributed by atoms with Crippen molar-refractivity contribution < 1.29 is 30.0 Å². The van der Waals surface area contributed by atoms with Gasteiger partial charge in [-0.3, -0.25) is 0 Å². The van der Waals surface area contributed by atoms with Crippen LogP contribution < -0.4 is 0 Å². The van der Waals surface area contributed by atoms with E-state index in [1.54, 1.807) is 12.1 Å². The number of aromatic nitrogens is 2. The first-order chi connectivity index (χ1) is 21.1. The van der Waals surface area contributed by atoms with Crippen molar-refractivity contribution in [1.29, 1.82) is 0 Å². The standard InChI is InChI=1S/2C15H22N2O.C4H4O4/c2*1-3-9-17(4-2)10-8-12-11-16-13-6-5-7-14(18)15(12)13;5-3(6)1-2-4(7)8/h2*5-7,11,16,18H,3-4,8-10H2,1-2H3;1-2H,(H,5,6)(H,7,8)/b;;2-1+. The summed E-state index contributed by atoms with van der Waals surface area (Å²) < 4.78 is 0. The summed E-state index contributed by atoms with van der Waals surface area (Å²) in [4.78, 5) is 30.4. The summed E-state index contributed by atoms with van der Waals surface area (Å²) >= 11 is 0. The van der Waals surface area contributed by atoms with Crippen molar-refractivity contribution >= 4 is 33.7 Å². The number of fused-ring (bicyclic) bond motifs is 2. The van der Waals surface area contributed by atoms with Crippen LogP contribution in [0.1, 0.15) is 51.7 Å². The van der Waals surface area contributed by atoms with Crippen molar-refractivity contribution in [2.24, 2.45) is 0 Å². The number of nitrogens with one attached hydrogen (secondary N) is 2. The molecule has 240 valence electrons. The first-order valence-electron chi connectivity index (χ1n) is 15.3. The molecule has 0 bridgehead atoms. The molecule has 0 atom stereocenters. The second-order valence-electron chi connectivity index (χ2n) is 10.4. The van der Waals surface area contributed by atoms with Gasteiger partial charge in [0.2, 0.25) is 0 Å². The van der Waals surface area contributed by atoms with E-state index in [0.29, 0.717) is 23.7 Å². The number of carbonyl (C=O) groups is 2. The Hall–Kier alpha value is -4.28. The van der Waals surface area contributed by atoms with Gasteiger partial charge < -0.3 is 40.2 Å². The third kappa shape index (κ3) is 11.4. The summed E-state index contributed by atoms with van der Waals surface area (Å²) in [6, 6.07) is 11.2. The Morgan fingerprint density at radius 2 is 1.05 bits per heavy atom. The van der Waals surface area contributed by atoms with Crippen molar-refractivity contribution in [2.75, 3.05) is 39.3 Å². The lowest BCUT2D eigenvalue weighted by molar-refractivity contribution is -0.134. The van der Waals surface area contributed by atoms with Gasteiger partial charge in [-0.2, -0.15) is 0 Å². The summed E-state index contributed by atoms with van der Waals surface area (Å²) in [6.45, 7) is 15.4. The minimum Gasteiger partial charge on any atom is -0.507 e. The molecule has 0 fully saturated rings. The molecule has 2 aromatic carbocycles. The molecule has 0 saturated carbocycles. The van der Waals surface area contributed by atoms with Crippen molar-refractivity contribution in [3.05, 3.63) is 72.1 Å². The first-order valence-corrected chi connectivity index (χ1v) is 15.3. The maximum absolute atomic E-state index is 9.93. The fourth-order valence-electron chi connectivity index (χ4n) is 5.05. The van der Waals surface area contributed by atoms with Gasteiger partial charge >= 0.3 is 11.9 Å². The molecular formula is C34H48N4O6. The van der Waals surface area contributed by atoms with E-state index in [4.69, 9.17) is 10.2 Å². The van der Waals surface area contributed by atoms with Crippen LogP contribution in [-0.4, -0.2) is 91.4 Å². The number of rotatable bonds is 14.